The van der Waals surface area contributed by atoms with Crippen LogP contribution in [0.5, 0.6) is 0 Å². The molecule has 3 aromatic rings. The van der Waals surface area contributed by atoms with Gasteiger partial charge in [0.05, 0.1) is 11.0 Å². The van der Waals surface area contributed by atoms with Gasteiger partial charge in [0.1, 0.15) is 11.5 Å². The fraction of sp³-hybridized carbons (Fsp3) is 0.325. The molecule has 0 fully saturated rings. The fourth-order valence-corrected chi connectivity index (χ4v) is 5.92. The van der Waals surface area contributed by atoms with Gasteiger partial charge in [-0.25, -0.2) is 4.99 Å². The first-order valence-corrected chi connectivity index (χ1v) is 16.0. The second-order valence-corrected chi connectivity index (χ2v) is 15.1. The zero-order valence-corrected chi connectivity index (χ0v) is 28.9. The lowest BCUT2D eigenvalue weighted by Gasteiger charge is -2.38. The first-order chi connectivity index (χ1) is 21.7. The highest BCUT2D eigenvalue weighted by molar-refractivity contribution is 6.50. The van der Waals surface area contributed by atoms with Crippen molar-refractivity contribution in [2.24, 2.45) is 16.2 Å². The quantitative estimate of drug-likeness (QED) is 0.171. The van der Waals surface area contributed by atoms with Crippen LogP contribution in [-0.4, -0.2) is 13.0 Å². The SMILES string of the molecule is CC(C)(C)C1=CC(=C2C=C(C(c3ccccc3)(c3ccccc3)c3ccccc3)C(C(C)(C)C)=[NH+]2)C=C(C(C)(C)C)O1.F[B-](F)(F)F. The van der Waals surface area contributed by atoms with Crippen LogP contribution in [0.3, 0.4) is 0 Å². The van der Waals surface area contributed by atoms with Gasteiger partial charge in [0.2, 0.25) is 5.70 Å². The van der Waals surface area contributed by atoms with Crippen molar-refractivity contribution < 1.29 is 27.0 Å². The number of ether oxygens (including phenoxy) is 1. The van der Waals surface area contributed by atoms with Gasteiger partial charge < -0.3 is 22.0 Å². The molecule has 2 heterocycles. The van der Waals surface area contributed by atoms with Gasteiger partial charge in [-0.1, -0.05) is 153 Å². The Morgan fingerprint density at radius 3 is 1.15 bits per heavy atom. The molecular formula is C40H46BF4NO. The van der Waals surface area contributed by atoms with E-state index in [4.69, 9.17) is 4.74 Å². The van der Waals surface area contributed by atoms with E-state index in [1.165, 1.54) is 28.0 Å². The summed E-state index contributed by atoms with van der Waals surface area (Å²) in [5.74, 6) is 1.97. The van der Waals surface area contributed by atoms with Gasteiger partial charge >= 0.3 is 7.25 Å². The summed E-state index contributed by atoms with van der Waals surface area (Å²) in [7, 11) is -6.00. The summed E-state index contributed by atoms with van der Waals surface area (Å²) in [6, 6.07) is 32.9. The zero-order valence-electron chi connectivity index (χ0n) is 28.9. The molecule has 0 atom stereocenters. The maximum absolute atomic E-state index is 9.75. The molecule has 2 nitrogen and oxygen atoms in total. The summed E-state index contributed by atoms with van der Waals surface area (Å²) in [5, 5.41) is 0. The first kappa shape index (κ1) is 35.7. The Labute approximate surface area is 277 Å². The van der Waals surface area contributed by atoms with Crippen molar-refractivity contribution in [3.05, 3.63) is 154 Å². The molecule has 248 valence electrons. The lowest BCUT2D eigenvalue weighted by atomic mass is 9.61. The Bertz CT molecular complexity index is 1580. The molecule has 0 radical (unpaired) electrons. The number of hydrogen-bond donors (Lipinski definition) is 1. The van der Waals surface area contributed by atoms with Gasteiger partial charge in [-0.05, 0) is 28.8 Å². The minimum Gasteiger partial charge on any atom is -0.465 e. The van der Waals surface area contributed by atoms with Crippen molar-refractivity contribution in [2.45, 2.75) is 67.7 Å². The van der Waals surface area contributed by atoms with E-state index in [-0.39, 0.29) is 16.2 Å². The third-order valence-corrected chi connectivity index (χ3v) is 8.17. The Morgan fingerprint density at radius 2 is 0.851 bits per heavy atom. The van der Waals surface area contributed by atoms with Crippen LogP contribution in [0.2, 0.25) is 0 Å². The average molecular weight is 644 g/mol. The van der Waals surface area contributed by atoms with Crippen LogP contribution in [0.25, 0.3) is 0 Å². The topological polar surface area (TPSA) is 23.2 Å². The van der Waals surface area contributed by atoms with E-state index in [0.717, 1.165) is 22.8 Å². The summed E-state index contributed by atoms with van der Waals surface area (Å²) < 4.78 is 45.5. The second kappa shape index (κ2) is 13.2. The maximum atomic E-state index is 9.75. The molecule has 7 heteroatoms. The summed E-state index contributed by atoms with van der Waals surface area (Å²) >= 11 is 0. The van der Waals surface area contributed by atoms with Crippen LogP contribution < -0.4 is 4.99 Å². The minimum atomic E-state index is -6.00. The van der Waals surface area contributed by atoms with Crippen LogP contribution in [0.15, 0.2) is 138 Å². The Hall–Kier alpha value is -4.13. The highest BCUT2D eigenvalue weighted by Crippen LogP contribution is 2.48. The minimum absolute atomic E-state index is 0.125. The molecule has 0 amide bonds. The third-order valence-electron chi connectivity index (χ3n) is 8.17. The standard InChI is InChI=1S/C40H45NO.BF4/c1-37(2,3)34-25-28(26-35(42-34)38(4,5)6)33-27-32(36(41-33)39(7,8)9)40(29-19-13-10-14-20-29,30-21-15-11-16-22-30)31-23-17-12-18-24-31;2-1(3,4)5/h10-27H,1-9H3;/q;-1/p+1. The van der Waals surface area contributed by atoms with E-state index in [1.54, 1.807) is 0 Å². The number of rotatable bonds is 4. The number of benzene rings is 3. The molecule has 1 N–H and O–H groups in total. The van der Waals surface area contributed by atoms with Crippen molar-refractivity contribution in [3.8, 4) is 0 Å². The van der Waals surface area contributed by atoms with Crippen molar-refractivity contribution in [1.29, 1.82) is 0 Å². The summed E-state index contributed by atoms with van der Waals surface area (Å²) in [6.07, 6.45) is 6.86. The monoisotopic (exact) mass is 643 g/mol. The fourth-order valence-electron chi connectivity index (χ4n) is 5.92. The van der Waals surface area contributed by atoms with Gasteiger partial charge in [-0.3, -0.25) is 0 Å². The van der Waals surface area contributed by atoms with Gasteiger partial charge in [-0.15, -0.1) is 0 Å². The van der Waals surface area contributed by atoms with Gasteiger partial charge in [0, 0.05) is 27.9 Å². The molecule has 2 aliphatic heterocycles. The van der Waals surface area contributed by atoms with E-state index in [0.29, 0.717) is 0 Å². The van der Waals surface area contributed by atoms with E-state index in [1.807, 2.05) is 0 Å². The van der Waals surface area contributed by atoms with E-state index < -0.39 is 12.7 Å². The molecule has 0 aliphatic carbocycles. The van der Waals surface area contributed by atoms with E-state index in [9.17, 15) is 17.3 Å². The molecule has 0 saturated carbocycles. The molecule has 0 aromatic heterocycles. The van der Waals surface area contributed by atoms with Crippen molar-refractivity contribution in [1.82, 2.24) is 0 Å². The van der Waals surface area contributed by atoms with E-state index in [2.05, 4.69) is 177 Å². The van der Waals surface area contributed by atoms with Crippen LogP contribution in [0.1, 0.15) is 79.0 Å². The second-order valence-electron chi connectivity index (χ2n) is 15.1. The van der Waals surface area contributed by atoms with Crippen LogP contribution in [0.4, 0.5) is 17.3 Å². The molecule has 0 bridgehead atoms. The van der Waals surface area contributed by atoms with Crippen LogP contribution in [-0.2, 0) is 10.2 Å². The Kier molecular flexibility index (Phi) is 10.0. The van der Waals surface area contributed by atoms with Gasteiger partial charge in [0.25, 0.3) is 0 Å². The first-order valence-electron chi connectivity index (χ1n) is 16.0. The predicted octanol–water partition coefficient (Wildman–Crippen LogP) is 9.97. The van der Waals surface area contributed by atoms with Crippen molar-refractivity contribution >= 4 is 13.0 Å². The van der Waals surface area contributed by atoms with Crippen molar-refractivity contribution in [3.63, 3.8) is 0 Å². The van der Waals surface area contributed by atoms with Gasteiger partial charge in [0.15, 0.2) is 5.71 Å². The zero-order chi connectivity index (χ0) is 34.8. The number of nitrogens with one attached hydrogen (secondary N) is 1. The largest absolute Gasteiger partial charge is 0.673 e. The number of allylic oxidation sites excluding steroid dienone is 7. The third kappa shape index (κ3) is 8.24. The highest BCUT2D eigenvalue weighted by Gasteiger charge is 2.49. The lowest BCUT2D eigenvalue weighted by molar-refractivity contribution is -0.392. The van der Waals surface area contributed by atoms with Crippen molar-refractivity contribution in [2.75, 3.05) is 0 Å². The summed E-state index contributed by atoms with van der Waals surface area (Å²) in [6.45, 7) is 20.2. The smallest absolute Gasteiger partial charge is 0.465 e. The molecule has 5 rings (SSSR count). The normalized spacial score (nSPS) is 15.9. The van der Waals surface area contributed by atoms with Gasteiger partial charge in [-0.2, -0.15) is 0 Å². The highest BCUT2D eigenvalue weighted by atomic mass is 19.5. The summed E-state index contributed by atoms with van der Waals surface area (Å²) in [4.78, 5) is 3.97. The molecule has 0 saturated heterocycles. The summed E-state index contributed by atoms with van der Waals surface area (Å²) in [5.41, 5.74) is 7.56. The predicted molar refractivity (Wildman–Crippen MR) is 186 cm³/mol. The molecule has 2 aliphatic rings. The maximum Gasteiger partial charge on any atom is 0.673 e. The Morgan fingerprint density at radius 1 is 0.511 bits per heavy atom. The van der Waals surface area contributed by atoms with E-state index >= 15 is 0 Å². The lowest BCUT2D eigenvalue weighted by Crippen LogP contribution is -2.72. The Balaban J connectivity index is 0.000000930. The molecule has 47 heavy (non-hydrogen) atoms. The number of halogens is 4. The molecule has 0 unspecified atom stereocenters. The van der Waals surface area contributed by atoms with Crippen LogP contribution >= 0.6 is 0 Å². The number of hydrogen-bond acceptors (Lipinski definition) is 1. The molecular weight excluding hydrogens is 597 g/mol. The van der Waals surface area contributed by atoms with Crippen LogP contribution in [0, 0.1) is 16.2 Å². The molecule has 0 spiro atoms. The molecule has 3 aromatic carbocycles. The average Bonchev–Trinajstić information content (AvgIpc) is 3.44.